The molecule has 112 valence electrons. The molecule has 0 fully saturated rings. The zero-order valence-electron chi connectivity index (χ0n) is 11.6. The summed E-state index contributed by atoms with van der Waals surface area (Å²) in [6.07, 6.45) is 0.452. The molecule has 1 N–H and O–H groups in total. The van der Waals surface area contributed by atoms with E-state index in [0.717, 1.165) is 4.31 Å². The number of carboxylic acids is 1. The van der Waals surface area contributed by atoms with Crippen LogP contribution in [0.2, 0.25) is 0 Å². The molecule has 0 unspecified atom stereocenters. The fourth-order valence-corrected chi connectivity index (χ4v) is 2.93. The Hall–Kier alpha value is -1.15. The molecule has 19 heavy (non-hydrogen) atoms. The highest BCUT2D eigenvalue weighted by atomic mass is 32.2. The largest absolute Gasteiger partial charge is 0.481 e. The van der Waals surface area contributed by atoms with Crippen molar-refractivity contribution in [2.75, 3.05) is 32.9 Å². The van der Waals surface area contributed by atoms with Gasteiger partial charge in [-0.25, -0.2) is 8.42 Å². The number of aliphatic carboxylic acids is 1. The smallest absolute Gasteiger partial charge is 0.303 e. The Morgan fingerprint density at radius 2 is 1.79 bits per heavy atom. The molecular formula is C11H22N2O5S. The van der Waals surface area contributed by atoms with Crippen LogP contribution in [-0.2, 0) is 19.6 Å². The molecule has 0 radical (unpaired) electrons. The van der Waals surface area contributed by atoms with Gasteiger partial charge in [0, 0.05) is 27.1 Å². The Bertz CT molecular complexity index is 405. The Morgan fingerprint density at radius 1 is 1.21 bits per heavy atom. The fraction of sp³-hybridized carbons (Fsp3) is 0.818. The molecule has 0 saturated heterocycles. The lowest BCUT2D eigenvalue weighted by Crippen LogP contribution is -2.41. The zero-order valence-corrected chi connectivity index (χ0v) is 12.4. The predicted molar refractivity (Wildman–Crippen MR) is 71.2 cm³/mol. The molecule has 0 atom stereocenters. The van der Waals surface area contributed by atoms with Gasteiger partial charge in [-0.05, 0) is 12.8 Å². The number of hydrogen-bond acceptors (Lipinski definition) is 4. The topological polar surface area (TPSA) is 95.0 Å². The zero-order chi connectivity index (χ0) is 15.1. The first kappa shape index (κ1) is 17.8. The number of carbonyl (C=O) groups is 2. The van der Waals surface area contributed by atoms with Gasteiger partial charge in [-0.15, -0.1) is 0 Å². The van der Waals surface area contributed by atoms with Crippen molar-refractivity contribution in [1.82, 2.24) is 9.21 Å². The predicted octanol–water partition coefficient (Wildman–Crippen LogP) is -0.0188. The van der Waals surface area contributed by atoms with Crippen molar-refractivity contribution in [2.45, 2.75) is 26.2 Å². The third-order valence-electron chi connectivity index (χ3n) is 2.47. The van der Waals surface area contributed by atoms with Crippen LogP contribution in [-0.4, -0.2) is 67.5 Å². The van der Waals surface area contributed by atoms with Crippen LogP contribution in [0.25, 0.3) is 0 Å². The van der Waals surface area contributed by atoms with Crippen LogP contribution >= 0.6 is 0 Å². The van der Waals surface area contributed by atoms with Gasteiger partial charge < -0.3 is 10.0 Å². The van der Waals surface area contributed by atoms with E-state index in [0.29, 0.717) is 6.42 Å². The van der Waals surface area contributed by atoms with Gasteiger partial charge in [-0.2, -0.15) is 4.31 Å². The van der Waals surface area contributed by atoms with E-state index in [1.165, 1.54) is 4.90 Å². The second kappa shape index (κ2) is 8.11. The molecular weight excluding hydrogens is 272 g/mol. The Labute approximate surface area is 114 Å². The van der Waals surface area contributed by atoms with Crippen LogP contribution in [0, 0.1) is 0 Å². The number of carbonyl (C=O) groups excluding carboxylic acids is 1. The minimum Gasteiger partial charge on any atom is -0.481 e. The first-order valence-electron chi connectivity index (χ1n) is 6.10. The van der Waals surface area contributed by atoms with Gasteiger partial charge in [0.25, 0.3) is 0 Å². The van der Waals surface area contributed by atoms with Crippen molar-refractivity contribution in [3.05, 3.63) is 0 Å². The fourth-order valence-electron chi connectivity index (χ4n) is 1.39. The number of hydrogen-bond donors (Lipinski definition) is 1. The van der Waals surface area contributed by atoms with Crippen LogP contribution in [0.4, 0.5) is 0 Å². The van der Waals surface area contributed by atoms with Crippen LogP contribution in [0.1, 0.15) is 26.2 Å². The molecule has 1 amide bonds. The molecule has 0 aromatic rings. The SMILES string of the molecule is CCCN(CC(=O)N(C)C)S(=O)(=O)CCCC(=O)O. The molecule has 0 spiro atoms. The Balaban J connectivity index is 4.66. The summed E-state index contributed by atoms with van der Waals surface area (Å²) < 4.78 is 25.2. The number of nitrogens with zero attached hydrogens (tertiary/aromatic N) is 2. The maximum atomic E-state index is 12.0. The average Bonchev–Trinajstić information content (AvgIpc) is 2.27. The highest BCUT2D eigenvalue weighted by Crippen LogP contribution is 2.07. The van der Waals surface area contributed by atoms with Crippen molar-refractivity contribution in [1.29, 1.82) is 0 Å². The highest BCUT2D eigenvalue weighted by Gasteiger charge is 2.24. The van der Waals surface area contributed by atoms with Crippen molar-refractivity contribution in [3.8, 4) is 0 Å². The van der Waals surface area contributed by atoms with Crippen molar-refractivity contribution >= 4 is 21.9 Å². The summed E-state index contributed by atoms with van der Waals surface area (Å²) in [5.41, 5.74) is 0. The van der Waals surface area contributed by atoms with Gasteiger partial charge >= 0.3 is 5.97 Å². The normalized spacial score (nSPS) is 11.6. The Kier molecular flexibility index (Phi) is 7.62. The summed E-state index contributed by atoms with van der Waals surface area (Å²) in [4.78, 5) is 23.3. The average molecular weight is 294 g/mol. The van der Waals surface area contributed by atoms with Gasteiger partial charge in [0.1, 0.15) is 0 Å². The molecule has 0 aliphatic rings. The first-order valence-corrected chi connectivity index (χ1v) is 7.71. The highest BCUT2D eigenvalue weighted by molar-refractivity contribution is 7.89. The molecule has 0 rings (SSSR count). The van der Waals surface area contributed by atoms with Gasteiger partial charge in [-0.1, -0.05) is 6.92 Å². The van der Waals surface area contributed by atoms with Crippen molar-refractivity contribution in [2.24, 2.45) is 0 Å². The summed E-state index contributed by atoms with van der Waals surface area (Å²) in [6, 6.07) is 0. The summed E-state index contributed by atoms with van der Waals surface area (Å²) in [7, 11) is -0.468. The van der Waals surface area contributed by atoms with Gasteiger partial charge in [-0.3, -0.25) is 9.59 Å². The lowest BCUT2D eigenvalue weighted by Gasteiger charge is -2.22. The minimum atomic E-state index is -3.59. The molecule has 0 aromatic heterocycles. The molecule has 0 heterocycles. The van der Waals surface area contributed by atoms with Crippen LogP contribution in [0.5, 0.6) is 0 Å². The monoisotopic (exact) mass is 294 g/mol. The quantitative estimate of drug-likeness (QED) is 0.645. The maximum Gasteiger partial charge on any atom is 0.303 e. The van der Waals surface area contributed by atoms with E-state index in [1.807, 2.05) is 6.92 Å². The Morgan fingerprint density at radius 3 is 2.21 bits per heavy atom. The van der Waals surface area contributed by atoms with E-state index in [-0.39, 0.29) is 37.6 Å². The molecule has 7 nitrogen and oxygen atoms in total. The van der Waals surface area contributed by atoms with E-state index in [1.54, 1.807) is 14.1 Å². The van der Waals surface area contributed by atoms with E-state index in [2.05, 4.69) is 0 Å². The molecule has 0 aliphatic heterocycles. The van der Waals surface area contributed by atoms with Gasteiger partial charge in [0.15, 0.2) is 0 Å². The van der Waals surface area contributed by atoms with Crippen LogP contribution < -0.4 is 0 Å². The molecule has 8 heteroatoms. The summed E-state index contributed by atoms with van der Waals surface area (Å²) in [5, 5.41) is 8.50. The van der Waals surface area contributed by atoms with Crippen LogP contribution in [0.3, 0.4) is 0 Å². The van der Waals surface area contributed by atoms with Crippen molar-refractivity contribution < 1.29 is 23.1 Å². The number of carboxylic acid groups (broad SMARTS) is 1. The first-order chi connectivity index (χ1) is 8.70. The van der Waals surface area contributed by atoms with E-state index >= 15 is 0 Å². The number of sulfonamides is 1. The third-order valence-corrected chi connectivity index (χ3v) is 4.37. The molecule has 0 aliphatic carbocycles. The van der Waals surface area contributed by atoms with Gasteiger partial charge in [0.2, 0.25) is 15.9 Å². The van der Waals surface area contributed by atoms with E-state index in [4.69, 9.17) is 5.11 Å². The number of rotatable bonds is 9. The second-order valence-corrected chi connectivity index (χ2v) is 6.52. The summed E-state index contributed by atoms with van der Waals surface area (Å²) in [5.74, 6) is -1.57. The van der Waals surface area contributed by atoms with E-state index < -0.39 is 16.0 Å². The lowest BCUT2D eigenvalue weighted by atomic mass is 10.3. The number of likely N-dealkylation sites (N-methyl/N-ethyl adjacent to an activating group) is 1. The summed E-state index contributed by atoms with van der Waals surface area (Å²) in [6.45, 7) is 1.88. The second-order valence-electron chi connectivity index (χ2n) is 4.44. The maximum absolute atomic E-state index is 12.0. The summed E-state index contributed by atoms with van der Waals surface area (Å²) >= 11 is 0. The van der Waals surface area contributed by atoms with Crippen molar-refractivity contribution in [3.63, 3.8) is 0 Å². The van der Waals surface area contributed by atoms with E-state index in [9.17, 15) is 18.0 Å². The molecule has 0 bridgehead atoms. The molecule has 0 aromatic carbocycles. The number of amides is 1. The van der Waals surface area contributed by atoms with Crippen LogP contribution in [0.15, 0.2) is 0 Å². The minimum absolute atomic E-state index is 0.0496. The van der Waals surface area contributed by atoms with Gasteiger partial charge in [0.05, 0.1) is 12.3 Å². The lowest BCUT2D eigenvalue weighted by molar-refractivity contribution is -0.137. The molecule has 0 saturated carbocycles. The third kappa shape index (κ3) is 7.12. The standard InChI is InChI=1S/C11H22N2O5S/c1-4-7-13(9-10(14)12(2)3)19(17,18)8-5-6-11(15)16/h4-9H2,1-3H3,(H,15,16).